The lowest BCUT2D eigenvalue weighted by atomic mass is 10.1. The van der Waals surface area contributed by atoms with Gasteiger partial charge in [-0.1, -0.05) is 0 Å². The molecule has 2 heterocycles. The first-order chi connectivity index (χ1) is 5.36. The molecule has 1 aliphatic heterocycles. The maximum atomic E-state index is 5.44. The summed E-state index contributed by atoms with van der Waals surface area (Å²) in [6.07, 6.45) is 2.76. The minimum atomic E-state index is 0. The van der Waals surface area contributed by atoms with E-state index in [9.17, 15) is 0 Å². The summed E-state index contributed by atoms with van der Waals surface area (Å²) in [5, 5.41) is 3.24. The van der Waals surface area contributed by atoms with Crippen LogP contribution in [0.3, 0.4) is 0 Å². The molecule has 1 aliphatic rings. The summed E-state index contributed by atoms with van der Waals surface area (Å²) in [5.41, 5.74) is 7.70. The molecule has 0 spiro atoms. The molecule has 0 atom stereocenters. The minimum absolute atomic E-state index is 0. The molecule has 0 fully saturated rings. The van der Waals surface area contributed by atoms with Gasteiger partial charge in [-0.3, -0.25) is 0 Å². The summed E-state index contributed by atoms with van der Waals surface area (Å²) in [4.78, 5) is 8.06. The Hall–Kier alpha value is -0.580. The quantitative estimate of drug-likeness (QED) is 0.674. The lowest BCUT2D eigenvalue weighted by molar-refractivity contribution is 0.627. The molecule has 6 heteroatoms. The van der Waals surface area contributed by atoms with Gasteiger partial charge >= 0.3 is 0 Å². The van der Waals surface area contributed by atoms with E-state index in [4.69, 9.17) is 5.73 Å². The van der Waals surface area contributed by atoms with Crippen LogP contribution in [0.15, 0.2) is 6.20 Å². The molecule has 0 bridgehead atoms. The number of hydrogen-bond acceptors (Lipinski definition) is 4. The van der Waals surface area contributed by atoms with Gasteiger partial charge in [-0.15, -0.1) is 24.8 Å². The average molecular weight is 223 g/mol. The molecule has 13 heavy (non-hydrogen) atoms. The van der Waals surface area contributed by atoms with Gasteiger partial charge in [0.05, 0.1) is 5.69 Å². The van der Waals surface area contributed by atoms with Gasteiger partial charge in [0, 0.05) is 31.3 Å². The number of hydrogen-bond donors (Lipinski definition) is 2. The van der Waals surface area contributed by atoms with Gasteiger partial charge in [0.15, 0.2) is 0 Å². The Morgan fingerprint density at radius 2 is 2.15 bits per heavy atom. The fourth-order valence-corrected chi connectivity index (χ4v) is 1.25. The molecule has 0 unspecified atom stereocenters. The van der Waals surface area contributed by atoms with Crippen LogP contribution in [0.5, 0.6) is 0 Å². The predicted octanol–water partition coefficient (Wildman–Crippen LogP) is 0.548. The average Bonchev–Trinajstić information content (AvgIpc) is 2.04. The third-order valence-electron chi connectivity index (χ3n) is 1.83. The fraction of sp³-hybridized carbons (Fsp3) is 0.429. The van der Waals surface area contributed by atoms with Crippen molar-refractivity contribution in [1.82, 2.24) is 15.3 Å². The third kappa shape index (κ3) is 2.69. The van der Waals surface area contributed by atoms with Gasteiger partial charge in [0.1, 0.15) is 0 Å². The van der Waals surface area contributed by atoms with E-state index in [1.54, 1.807) is 6.20 Å². The highest BCUT2D eigenvalue weighted by Gasteiger charge is 2.09. The molecule has 0 aromatic carbocycles. The fourth-order valence-electron chi connectivity index (χ4n) is 1.25. The van der Waals surface area contributed by atoms with Gasteiger partial charge in [-0.05, 0) is 0 Å². The van der Waals surface area contributed by atoms with Crippen LogP contribution in [0.2, 0.25) is 0 Å². The monoisotopic (exact) mass is 222 g/mol. The third-order valence-corrected chi connectivity index (χ3v) is 1.83. The second-order valence-electron chi connectivity index (χ2n) is 2.63. The van der Waals surface area contributed by atoms with Gasteiger partial charge in [-0.2, -0.15) is 0 Å². The van der Waals surface area contributed by atoms with E-state index in [2.05, 4.69) is 15.3 Å². The van der Waals surface area contributed by atoms with Crippen molar-refractivity contribution in [1.29, 1.82) is 0 Å². The second-order valence-corrected chi connectivity index (χ2v) is 2.63. The molecule has 0 saturated carbocycles. The lowest BCUT2D eigenvalue weighted by Gasteiger charge is -2.14. The summed E-state index contributed by atoms with van der Waals surface area (Å²) >= 11 is 0. The number of halogens is 2. The zero-order valence-corrected chi connectivity index (χ0v) is 8.62. The van der Waals surface area contributed by atoms with E-state index in [1.165, 1.54) is 5.56 Å². The van der Waals surface area contributed by atoms with Crippen LogP contribution < -0.4 is 11.1 Å². The normalized spacial score (nSPS) is 13.5. The second kappa shape index (κ2) is 5.21. The van der Waals surface area contributed by atoms with Crippen molar-refractivity contribution in [3.05, 3.63) is 17.5 Å². The smallest absolute Gasteiger partial charge is 0.220 e. The van der Waals surface area contributed by atoms with Crippen LogP contribution in [-0.4, -0.2) is 16.5 Å². The van der Waals surface area contributed by atoms with E-state index >= 15 is 0 Å². The lowest BCUT2D eigenvalue weighted by Crippen LogP contribution is -2.25. The number of nitrogens with one attached hydrogen (secondary N) is 1. The van der Waals surface area contributed by atoms with E-state index in [-0.39, 0.29) is 24.8 Å². The summed E-state index contributed by atoms with van der Waals surface area (Å²) < 4.78 is 0. The summed E-state index contributed by atoms with van der Waals surface area (Å²) in [7, 11) is 0. The first kappa shape index (κ1) is 12.4. The zero-order valence-electron chi connectivity index (χ0n) is 6.99. The molecule has 1 aromatic rings. The minimum Gasteiger partial charge on any atom is -0.368 e. The number of nitrogen functional groups attached to an aromatic ring is 1. The highest BCUT2D eigenvalue weighted by Crippen LogP contribution is 2.09. The van der Waals surface area contributed by atoms with Gasteiger partial charge in [0.25, 0.3) is 0 Å². The number of rotatable bonds is 0. The molecule has 0 radical (unpaired) electrons. The zero-order chi connectivity index (χ0) is 7.68. The van der Waals surface area contributed by atoms with Crippen LogP contribution >= 0.6 is 24.8 Å². The van der Waals surface area contributed by atoms with Crippen LogP contribution in [0, 0.1) is 0 Å². The Balaban J connectivity index is 0.000000720. The molecule has 1 aromatic heterocycles. The molecule has 4 nitrogen and oxygen atoms in total. The van der Waals surface area contributed by atoms with Crippen molar-refractivity contribution >= 4 is 30.8 Å². The number of aromatic nitrogens is 2. The van der Waals surface area contributed by atoms with Crippen molar-refractivity contribution in [3.8, 4) is 0 Å². The first-order valence-corrected chi connectivity index (χ1v) is 3.67. The highest BCUT2D eigenvalue weighted by atomic mass is 35.5. The van der Waals surface area contributed by atoms with Gasteiger partial charge < -0.3 is 11.1 Å². The number of nitrogens with two attached hydrogens (primary N) is 1. The largest absolute Gasteiger partial charge is 0.368 e. The van der Waals surface area contributed by atoms with Crippen LogP contribution in [0.25, 0.3) is 0 Å². The van der Waals surface area contributed by atoms with Crippen molar-refractivity contribution in [2.24, 2.45) is 0 Å². The van der Waals surface area contributed by atoms with Crippen LogP contribution in [0.4, 0.5) is 5.95 Å². The topological polar surface area (TPSA) is 63.8 Å². The van der Waals surface area contributed by atoms with E-state index in [1.807, 2.05) is 0 Å². The van der Waals surface area contributed by atoms with Gasteiger partial charge in [-0.25, -0.2) is 9.97 Å². The molecule has 0 saturated heterocycles. The van der Waals surface area contributed by atoms with E-state index in [0.717, 1.165) is 25.2 Å². The highest BCUT2D eigenvalue weighted by molar-refractivity contribution is 5.85. The molecule has 0 amide bonds. The number of fused-ring (bicyclic) bond motifs is 1. The molecular weight excluding hydrogens is 211 g/mol. The predicted molar refractivity (Wildman–Crippen MR) is 56.4 cm³/mol. The molecule has 0 aliphatic carbocycles. The van der Waals surface area contributed by atoms with Crippen molar-refractivity contribution in [2.45, 2.75) is 13.0 Å². The Labute approximate surface area is 89.2 Å². The van der Waals surface area contributed by atoms with Crippen LogP contribution in [0.1, 0.15) is 11.3 Å². The number of anilines is 1. The summed E-state index contributed by atoms with van der Waals surface area (Å²) in [5.74, 6) is 0.380. The number of nitrogens with zero attached hydrogens (tertiary/aromatic N) is 2. The summed E-state index contributed by atoms with van der Waals surface area (Å²) in [6, 6.07) is 0. The first-order valence-electron chi connectivity index (χ1n) is 3.67. The van der Waals surface area contributed by atoms with Gasteiger partial charge in [0.2, 0.25) is 5.95 Å². The summed E-state index contributed by atoms with van der Waals surface area (Å²) in [6.45, 7) is 1.86. The Bertz CT molecular complexity index is 279. The standard InChI is InChI=1S/C7H10N4.2ClH/c8-7-10-4-5-3-9-2-1-6(5)11-7;;/h4,9H,1-3H2,(H2,8,10,11);2*1H. The molecular formula is C7H12Cl2N4. The van der Waals surface area contributed by atoms with E-state index in [0.29, 0.717) is 5.95 Å². The maximum absolute atomic E-state index is 5.44. The Morgan fingerprint density at radius 3 is 2.92 bits per heavy atom. The maximum Gasteiger partial charge on any atom is 0.220 e. The van der Waals surface area contributed by atoms with Crippen molar-refractivity contribution < 1.29 is 0 Å². The van der Waals surface area contributed by atoms with E-state index < -0.39 is 0 Å². The Morgan fingerprint density at radius 1 is 1.38 bits per heavy atom. The Kier molecular flexibility index (Phi) is 4.98. The molecule has 3 N–H and O–H groups in total. The van der Waals surface area contributed by atoms with Crippen LogP contribution in [-0.2, 0) is 13.0 Å². The van der Waals surface area contributed by atoms with Crippen molar-refractivity contribution in [2.75, 3.05) is 12.3 Å². The molecule has 2 rings (SSSR count). The molecule has 74 valence electrons. The van der Waals surface area contributed by atoms with Crippen molar-refractivity contribution in [3.63, 3.8) is 0 Å². The SMILES string of the molecule is Cl.Cl.Nc1ncc2c(n1)CCNC2.